The lowest BCUT2D eigenvalue weighted by Gasteiger charge is -2.04. The van der Waals surface area contributed by atoms with Crippen LogP contribution in [0.5, 0.6) is 0 Å². The van der Waals surface area contributed by atoms with Crippen molar-refractivity contribution in [2.75, 3.05) is 0 Å². The van der Waals surface area contributed by atoms with Gasteiger partial charge in [0, 0.05) is 21.4 Å². The number of pyridine rings is 1. The molecule has 0 atom stereocenters. The summed E-state index contributed by atoms with van der Waals surface area (Å²) >= 11 is 9.43. The van der Waals surface area contributed by atoms with Crippen LogP contribution in [0.3, 0.4) is 0 Å². The van der Waals surface area contributed by atoms with Crippen LogP contribution in [0.4, 0.5) is 0 Å². The molecule has 0 radical (unpaired) electrons. The first-order valence-corrected chi connectivity index (χ1v) is 5.06. The Balaban J connectivity index is 3.00. The van der Waals surface area contributed by atoms with E-state index in [0.717, 1.165) is 15.2 Å². The first kappa shape index (κ1) is 8.97. The number of nitrogens with zero attached hydrogens (tertiary/aromatic N) is 1. The molecule has 1 aromatic heterocycles. The zero-order valence-electron chi connectivity index (χ0n) is 7.01. The standard InChI is InChI=1S/C10H7BrClN/c1-6-3-2-4-7-9(6)8(11)5-13-10(7)12/h2-5H,1H3. The summed E-state index contributed by atoms with van der Waals surface area (Å²) in [5.74, 6) is 0. The lowest BCUT2D eigenvalue weighted by atomic mass is 10.1. The van der Waals surface area contributed by atoms with Crippen LogP contribution in [0, 0.1) is 6.92 Å². The van der Waals surface area contributed by atoms with Gasteiger partial charge < -0.3 is 0 Å². The van der Waals surface area contributed by atoms with Gasteiger partial charge in [0.15, 0.2) is 0 Å². The van der Waals surface area contributed by atoms with Crippen LogP contribution in [0.1, 0.15) is 5.56 Å². The van der Waals surface area contributed by atoms with E-state index >= 15 is 0 Å². The average molecular weight is 257 g/mol. The highest BCUT2D eigenvalue weighted by atomic mass is 79.9. The summed E-state index contributed by atoms with van der Waals surface area (Å²) in [6.07, 6.45) is 1.73. The fraction of sp³-hybridized carbons (Fsp3) is 0.100. The number of aryl methyl sites for hydroxylation is 1. The van der Waals surface area contributed by atoms with Crippen LogP contribution in [0.2, 0.25) is 5.15 Å². The zero-order chi connectivity index (χ0) is 9.42. The Labute approximate surface area is 89.9 Å². The Morgan fingerprint density at radius 1 is 1.38 bits per heavy atom. The maximum Gasteiger partial charge on any atom is 0.136 e. The molecule has 0 aliphatic carbocycles. The molecule has 2 aromatic rings. The van der Waals surface area contributed by atoms with Crippen LogP contribution in [0.15, 0.2) is 28.9 Å². The van der Waals surface area contributed by atoms with Gasteiger partial charge in [-0.05, 0) is 28.4 Å². The van der Waals surface area contributed by atoms with Crippen LogP contribution in [0.25, 0.3) is 10.8 Å². The fourth-order valence-electron chi connectivity index (χ4n) is 1.40. The van der Waals surface area contributed by atoms with Gasteiger partial charge in [-0.2, -0.15) is 0 Å². The molecular weight excluding hydrogens is 249 g/mol. The average Bonchev–Trinajstić information content (AvgIpc) is 2.12. The van der Waals surface area contributed by atoms with Crippen molar-refractivity contribution < 1.29 is 0 Å². The molecule has 0 saturated carbocycles. The van der Waals surface area contributed by atoms with Crippen molar-refractivity contribution in [3.05, 3.63) is 39.6 Å². The van der Waals surface area contributed by atoms with E-state index in [0.29, 0.717) is 5.15 Å². The molecule has 3 heteroatoms. The Morgan fingerprint density at radius 2 is 2.15 bits per heavy atom. The maximum atomic E-state index is 5.97. The van der Waals surface area contributed by atoms with Crippen molar-refractivity contribution in [3.63, 3.8) is 0 Å². The minimum absolute atomic E-state index is 0.557. The highest BCUT2D eigenvalue weighted by Crippen LogP contribution is 2.30. The van der Waals surface area contributed by atoms with Crippen molar-refractivity contribution in [3.8, 4) is 0 Å². The Morgan fingerprint density at radius 3 is 2.85 bits per heavy atom. The number of benzene rings is 1. The highest BCUT2D eigenvalue weighted by molar-refractivity contribution is 9.10. The third-order valence-corrected chi connectivity index (χ3v) is 2.93. The molecule has 0 amide bonds. The van der Waals surface area contributed by atoms with Crippen LogP contribution in [-0.4, -0.2) is 4.98 Å². The predicted molar refractivity (Wildman–Crippen MR) is 59.2 cm³/mol. The third-order valence-electron chi connectivity index (χ3n) is 2.03. The first-order valence-electron chi connectivity index (χ1n) is 3.89. The van der Waals surface area contributed by atoms with E-state index in [9.17, 15) is 0 Å². The van der Waals surface area contributed by atoms with Gasteiger partial charge in [-0.15, -0.1) is 0 Å². The highest BCUT2D eigenvalue weighted by Gasteiger charge is 2.05. The number of halogens is 2. The summed E-state index contributed by atoms with van der Waals surface area (Å²) in [6, 6.07) is 6.02. The third kappa shape index (κ3) is 1.45. The Kier molecular flexibility index (Phi) is 2.26. The van der Waals surface area contributed by atoms with Crippen molar-refractivity contribution in [1.29, 1.82) is 0 Å². The predicted octanol–water partition coefficient (Wildman–Crippen LogP) is 3.96. The molecule has 0 aliphatic rings. The molecular formula is C10H7BrClN. The van der Waals surface area contributed by atoms with E-state index in [1.165, 1.54) is 5.56 Å². The van der Waals surface area contributed by atoms with Gasteiger partial charge in [-0.1, -0.05) is 29.8 Å². The first-order chi connectivity index (χ1) is 6.20. The number of rotatable bonds is 0. The molecule has 1 nitrogen and oxygen atoms in total. The quantitative estimate of drug-likeness (QED) is 0.650. The van der Waals surface area contributed by atoms with Crippen LogP contribution in [-0.2, 0) is 0 Å². The number of fused-ring (bicyclic) bond motifs is 1. The monoisotopic (exact) mass is 255 g/mol. The maximum absolute atomic E-state index is 5.97. The molecule has 2 rings (SSSR count). The van der Waals surface area contributed by atoms with Crippen molar-refractivity contribution in [2.24, 2.45) is 0 Å². The second-order valence-corrected chi connectivity index (χ2v) is 4.11. The SMILES string of the molecule is Cc1cccc2c(Cl)ncc(Br)c12. The van der Waals surface area contributed by atoms with Crippen molar-refractivity contribution in [1.82, 2.24) is 4.98 Å². The van der Waals surface area contributed by atoms with Crippen molar-refractivity contribution >= 4 is 38.3 Å². The normalized spacial score (nSPS) is 10.7. The molecule has 0 saturated heterocycles. The summed E-state index contributed by atoms with van der Waals surface area (Å²) in [7, 11) is 0. The Hall–Kier alpha value is -0.600. The molecule has 0 bridgehead atoms. The van der Waals surface area contributed by atoms with Gasteiger partial charge in [0.05, 0.1) is 0 Å². The van der Waals surface area contributed by atoms with E-state index in [2.05, 4.69) is 33.9 Å². The minimum atomic E-state index is 0.557. The van der Waals surface area contributed by atoms with Crippen molar-refractivity contribution in [2.45, 2.75) is 6.92 Å². The molecule has 0 spiro atoms. The second-order valence-electron chi connectivity index (χ2n) is 2.89. The molecule has 0 fully saturated rings. The van der Waals surface area contributed by atoms with E-state index in [1.807, 2.05) is 12.1 Å². The second kappa shape index (κ2) is 3.28. The minimum Gasteiger partial charge on any atom is -0.243 e. The summed E-state index contributed by atoms with van der Waals surface area (Å²) in [5.41, 5.74) is 1.20. The smallest absolute Gasteiger partial charge is 0.136 e. The molecule has 66 valence electrons. The van der Waals surface area contributed by atoms with E-state index < -0.39 is 0 Å². The molecule has 0 N–H and O–H groups in total. The molecule has 1 heterocycles. The van der Waals surface area contributed by atoms with E-state index in [1.54, 1.807) is 6.20 Å². The van der Waals surface area contributed by atoms with Gasteiger partial charge in [0.1, 0.15) is 5.15 Å². The molecule has 13 heavy (non-hydrogen) atoms. The molecule has 0 aliphatic heterocycles. The van der Waals surface area contributed by atoms with Crippen LogP contribution >= 0.6 is 27.5 Å². The largest absolute Gasteiger partial charge is 0.243 e. The van der Waals surface area contributed by atoms with E-state index in [4.69, 9.17) is 11.6 Å². The topological polar surface area (TPSA) is 12.9 Å². The van der Waals surface area contributed by atoms with Crippen LogP contribution < -0.4 is 0 Å². The lowest BCUT2D eigenvalue weighted by Crippen LogP contribution is -1.83. The summed E-state index contributed by atoms with van der Waals surface area (Å²) < 4.78 is 0.991. The summed E-state index contributed by atoms with van der Waals surface area (Å²) in [4.78, 5) is 4.07. The van der Waals surface area contributed by atoms with Gasteiger partial charge >= 0.3 is 0 Å². The molecule has 0 unspecified atom stereocenters. The lowest BCUT2D eigenvalue weighted by molar-refractivity contribution is 1.34. The number of hydrogen-bond donors (Lipinski definition) is 0. The van der Waals surface area contributed by atoms with Gasteiger partial charge in [-0.25, -0.2) is 4.98 Å². The molecule has 1 aromatic carbocycles. The van der Waals surface area contributed by atoms with Gasteiger partial charge in [0.2, 0.25) is 0 Å². The number of hydrogen-bond acceptors (Lipinski definition) is 1. The number of aromatic nitrogens is 1. The van der Waals surface area contributed by atoms with E-state index in [-0.39, 0.29) is 0 Å². The zero-order valence-corrected chi connectivity index (χ0v) is 9.35. The Bertz CT molecular complexity index is 459. The van der Waals surface area contributed by atoms with Gasteiger partial charge in [-0.3, -0.25) is 0 Å². The van der Waals surface area contributed by atoms with Gasteiger partial charge in [0.25, 0.3) is 0 Å². The summed E-state index contributed by atoms with van der Waals surface area (Å²) in [6.45, 7) is 2.06. The fourth-order valence-corrected chi connectivity index (χ4v) is 2.24. The summed E-state index contributed by atoms with van der Waals surface area (Å²) in [5, 5.41) is 2.69.